The standard InChI is InChI=1S/C13H17ClN2O3/c1-7(2)12(15-8(3)17)13(19)16-10-6-9(14)4-5-11(10)18/h4-7,12,18H,1-3H3,(H,15,17)(H,16,19). The van der Waals surface area contributed by atoms with Gasteiger partial charge in [-0.2, -0.15) is 0 Å². The fraction of sp³-hybridized carbons (Fsp3) is 0.385. The van der Waals surface area contributed by atoms with Crippen LogP contribution in [0.2, 0.25) is 5.02 Å². The minimum atomic E-state index is -0.670. The van der Waals surface area contributed by atoms with Crippen LogP contribution in [0.1, 0.15) is 20.8 Å². The first-order valence-electron chi connectivity index (χ1n) is 5.87. The predicted molar refractivity (Wildman–Crippen MR) is 74.2 cm³/mol. The molecule has 0 fully saturated rings. The second-order valence-corrected chi connectivity index (χ2v) is 5.01. The second kappa shape index (κ2) is 6.43. The Hall–Kier alpha value is -1.75. The van der Waals surface area contributed by atoms with E-state index >= 15 is 0 Å². The number of halogens is 1. The fourth-order valence-electron chi connectivity index (χ4n) is 1.57. The molecule has 2 amide bonds. The van der Waals surface area contributed by atoms with E-state index in [2.05, 4.69) is 10.6 Å². The van der Waals surface area contributed by atoms with Crippen molar-refractivity contribution >= 4 is 29.1 Å². The van der Waals surface area contributed by atoms with E-state index < -0.39 is 11.9 Å². The van der Waals surface area contributed by atoms with Crippen LogP contribution in [0.15, 0.2) is 18.2 Å². The quantitative estimate of drug-likeness (QED) is 0.741. The van der Waals surface area contributed by atoms with Crippen LogP contribution in [-0.2, 0) is 9.59 Å². The zero-order chi connectivity index (χ0) is 14.6. The van der Waals surface area contributed by atoms with Crippen molar-refractivity contribution in [3.63, 3.8) is 0 Å². The van der Waals surface area contributed by atoms with Crippen molar-refractivity contribution in [3.8, 4) is 5.75 Å². The van der Waals surface area contributed by atoms with E-state index in [4.69, 9.17) is 11.6 Å². The molecule has 0 aliphatic carbocycles. The molecule has 1 aromatic carbocycles. The Kier molecular flexibility index (Phi) is 5.18. The normalized spacial score (nSPS) is 12.1. The Labute approximate surface area is 117 Å². The highest BCUT2D eigenvalue weighted by atomic mass is 35.5. The molecule has 19 heavy (non-hydrogen) atoms. The molecule has 0 aliphatic heterocycles. The number of carbonyl (C=O) groups excluding carboxylic acids is 2. The molecule has 0 saturated carbocycles. The summed E-state index contributed by atoms with van der Waals surface area (Å²) < 4.78 is 0. The zero-order valence-electron chi connectivity index (χ0n) is 11.0. The smallest absolute Gasteiger partial charge is 0.247 e. The first-order valence-corrected chi connectivity index (χ1v) is 6.25. The Morgan fingerprint density at radius 2 is 1.95 bits per heavy atom. The number of anilines is 1. The van der Waals surface area contributed by atoms with E-state index in [0.29, 0.717) is 5.02 Å². The molecule has 5 nitrogen and oxygen atoms in total. The van der Waals surface area contributed by atoms with Gasteiger partial charge in [-0.25, -0.2) is 0 Å². The summed E-state index contributed by atoms with van der Waals surface area (Å²) in [6.07, 6.45) is 0. The van der Waals surface area contributed by atoms with Gasteiger partial charge in [0.1, 0.15) is 11.8 Å². The molecule has 6 heteroatoms. The van der Waals surface area contributed by atoms with Crippen LogP contribution in [0.5, 0.6) is 5.75 Å². The molecule has 0 aromatic heterocycles. The van der Waals surface area contributed by atoms with Gasteiger partial charge in [-0.3, -0.25) is 9.59 Å². The topological polar surface area (TPSA) is 78.4 Å². The number of hydrogen-bond donors (Lipinski definition) is 3. The molecule has 0 aliphatic rings. The lowest BCUT2D eigenvalue weighted by molar-refractivity contribution is -0.126. The predicted octanol–water partition coefficient (Wildman–Crippen LogP) is 2.14. The molecule has 1 atom stereocenters. The van der Waals surface area contributed by atoms with Gasteiger partial charge in [-0.05, 0) is 24.1 Å². The van der Waals surface area contributed by atoms with E-state index in [9.17, 15) is 14.7 Å². The number of amides is 2. The summed E-state index contributed by atoms with van der Waals surface area (Å²) in [5.41, 5.74) is 0.216. The van der Waals surface area contributed by atoms with Gasteiger partial charge < -0.3 is 15.7 Å². The number of phenols is 1. The molecule has 1 rings (SSSR count). The monoisotopic (exact) mass is 284 g/mol. The Morgan fingerprint density at radius 1 is 1.32 bits per heavy atom. The summed E-state index contributed by atoms with van der Waals surface area (Å²) in [5.74, 6) is -0.847. The summed E-state index contributed by atoms with van der Waals surface area (Å²) in [7, 11) is 0. The maximum Gasteiger partial charge on any atom is 0.247 e. The first-order chi connectivity index (χ1) is 8.81. The number of rotatable bonds is 4. The van der Waals surface area contributed by atoms with Gasteiger partial charge in [0.05, 0.1) is 5.69 Å². The third-order valence-electron chi connectivity index (χ3n) is 2.52. The van der Waals surface area contributed by atoms with Crippen LogP contribution in [-0.4, -0.2) is 23.0 Å². The Bertz CT molecular complexity index is 489. The second-order valence-electron chi connectivity index (χ2n) is 4.57. The summed E-state index contributed by atoms with van der Waals surface area (Å²) in [6.45, 7) is 4.98. The molecule has 0 bridgehead atoms. The highest BCUT2D eigenvalue weighted by molar-refractivity contribution is 6.31. The molecule has 104 valence electrons. The Balaban J connectivity index is 2.87. The lowest BCUT2D eigenvalue weighted by Crippen LogP contribution is -2.46. The summed E-state index contributed by atoms with van der Waals surface area (Å²) in [4.78, 5) is 23.1. The van der Waals surface area contributed by atoms with Crippen LogP contribution in [0.25, 0.3) is 0 Å². The van der Waals surface area contributed by atoms with Gasteiger partial charge in [0.2, 0.25) is 11.8 Å². The fourth-order valence-corrected chi connectivity index (χ4v) is 1.74. The van der Waals surface area contributed by atoms with Crippen molar-refractivity contribution in [2.75, 3.05) is 5.32 Å². The number of benzene rings is 1. The minimum Gasteiger partial charge on any atom is -0.506 e. The van der Waals surface area contributed by atoms with E-state index in [-0.39, 0.29) is 23.3 Å². The number of phenolic OH excluding ortho intramolecular Hbond substituents is 1. The van der Waals surface area contributed by atoms with Crippen molar-refractivity contribution < 1.29 is 14.7 Å². The van der Waals surface area contributed by atoms with Gasteiger partial charge in [0.15, 0.2) is 0 Å². The average Bonchev–Trinajstić information content (AvgIpc) is 2.30. The van der Waals surface area contributed by atoms with Gasteiger partial charge in [0.25, 0.3) is 0 Å². The molecular weight excluding hydrogens is 268 g/mol. The zero-order valence-corrected chi connectivity index (χ0v) is 11.8. The van der Waals surface area contributed by atoms with Crippen LogP contribution >= 0.6 is 11.6 Å². The molecule has 0 radical (unpaired) electrons. The lowest BCUT2D eigenvalue weighted by atomic mass is 10.0. The minimum absolute atomic E-state index is 0.0785. The summed E-state index contributed by atoms with van der Waals surface area (Å²) in [6, 6.07) is 3.68. The summed E-state index contributed by atoms with van der Waals surface area (Å²) >= 11 is 5.79. The number of hydrogen-bond acceptors (Lipinski definition) is 3. The average molecular weight is 285 g/mol. The highest BCUT2D eigenvalue weighted by Gasteiger charge is 2.23. The van der Waals surface area contributed by atoms with Crippen LogP contribution in [0.4, 0.5) is 5.69 Å². The maximum absolute atomic E-state index is 12.1. The molecule has 1 unspecified atom stereocenters. The van der Waals surface area contributed by atoms with Crippen LogP contribution in [0, 0.1) is 5.92 Å². The SMILES string of the molecule is CC(=O)NC(C(=O)Nc1cc(Cl)ccc1O)C(C)C. The lowest BCUT2D eigenvalue weighted by Gasteiger charge is -2.21. The van der Waals surface area contributed by atoms with Crippen molar-refractivity contribution in [3.05, 3.63) is 23.2 Å². The molecule has 0 saturated heterocycles. The first kappa shape index (κ1) is 15.3. The largest absolute Gasteiger partial charge is 0.506 e. The van der Waals surface area contributed by atoms with Crippen LogP contribution in [0.3, 0.4) is 0 Å². The highest BCUT2D eigenvalue weighted by Crippen LogP contribution is 2.26. The van der Waals surface area contributed by atoms with Crippen LogP contribution < -0.4 is 10.6 Å². The van der Waals surface area contributed by atoms with Gasteiger partial charge in [-0.15, -0.1) is 0 Å². The van der Waals surface area contributed by atoms with Gasteiger partial charge in [-0.1, -0.05) is 25.4 Å². The molecule has 1 aromatic rings. The van der Waals surface area contributed by atoms with E-state index in [1.54, 1.807) is 0 Å². The third-order valence-corrected chi connectivity index (χ3v) is 2.76. The van der Waals surface area contributed by atoms with Crippen molar-refractivity contribution in [1.29, 1.82) is 0 Å². The van der Waals surface area contributed by atoms with Crippen molar-refractivity contribution in [2.24, 2.45) is 5.92 Å². The molecule has 0 spiro atoms. The molecule has 3 N–H and O–H groups in total. The number of carbonyl (C=O) groups is 2. The third kappa shape index (κ3) is 4.44. The van der Waals surface area contributed by atoms with Gasteiger partial charge >= 0.3 is 0 Å². The molecular formula is C13H17ClN2O3. The maximum atomic E-state index is 12.1. The summed E-state index contributed by atoms with van der Waals surface area (Å²) in [5, 5.41) is 15.1. The number of nitrogens with one attached hydrogen (secondary N) is 2. The van der Waals surface area contributed by atoms with E-state index in [1.807, 2.05) is 13.8 Å². The van der Waals surface area contributed by atoms with E-state index in [1.165, 1.54) is 25.1 Å². The Morgan fingerprint density at radius 3 is 2.47 bits per heavy atom. The van der Waals surface area contributed by atoms with Crippen molar-refractivity contribution in [1.82, 2.24) is 5.32 Å². The van der Waals surface area contributed by atoms with E-state index in [0.717, 1.165) is 0 Å². The number of aromatic hydroxyl groups is 1. The molecule has 0 heterocycles. The van der Waals surface area contributed by atoms with Gasteiger partial charge in [0, 0.05) is 11.9 Å². The van der Waals surface area contributed by atoms with Crippen molar-refractivity contribution in [2.45, 2.75) is 26.8 Å².